The number of benzene rings is 1. The van der Waals surface area contributed by atoms with Crippen molar-refractivity contribution in [1.29, 1.82) is 0 Å². The number of halogens is 1. The molecule has 29 heavy (non-hydrogen) atoms. The first-order valence-corrected chi connectivity index (χ1v) is 9.50. The van der Waals surface area contributed by atoms with E-state index in [1.54, 1.807) is 17.9 Å². The second kappa shape index (κ2) is 7.21. The normalized spacial score (nSPS) is 18.0. The molecule has 3 rings (SSSR count). The molecule has 0 radical (unpaired) electrons. The van der Waals surface area contributed by atoms with Gasteiger partial charge in [0.05, 0.1) is 16.8 Å². The van der Waals surface area contributed by atoms with Gasteiger partial charge in [0, 0.05) is 35.4 Å². The smallest absolute Gasteiger partial charge is 0.340 e. The summed E-state index contributed by atoms with van der Waals surface area (Å²) in [6.07, 6.45) is 0.529. The maximum atomic E-state index is 13.4. The standard InChI is InChI=1S/C22H25FN2O4/c1-13-17(8-14-6-7-15(23)9-18(14)24-13)20(28)29-12-19(27)25-21(2,3)10-16(26)11-22(25,4)5/h6-9H,10-12H2,1-5H3. The lowest BCUT2D eigenvalue weighted by atomic mass is 9.79. The van der Waals surface area contributed by atoms with E-state index in [2.05, 4.69) is 4.98 Å². The first-order valence-electron chi connectivity index (χ1n) is 9.50. The van der Waals surface area contributed by atoms with E-state index in [9.17, 15) is 18.8 Å². The van der Waals surface area contributed by atoms with Gasteiger partial charge in [-0.05, 0) is 52.8 Å². The summed E-state index contributed by atoms with van der Waals surface area (Å²) in [4.78, 5) is 43.4. The maximum absolute atomic E-state index is 13.4. The molecule has 1 aromatic heterocycles. The molecule has 0 spiro atoms. The number of carbonyl (C=O) groups is 3. The van der Waals surface area contributed by atoms with Gasteiger partial charge in [0.2, 0.25) is 0 Å². The van der Waals surface area contributed by atoms with Crippen LogP contribution in [0.15, 0.2) is 24.3 Å². The molecule has 0 saturated carbocycles. The number of piperidine rings is 1. The molecule has 1 amide bonds. The van der Waals surface area contributed by atoms with Crippen molar-refractivity contribution in [1.82, 2.24) is 9.88 Å². The van der Waals surface area contributed by atoms with Crippen molar-refractivity contribution in [3.8, 4) is 0 Å². The molecule has 2 aromatic rings. The Balaban J connectivity index is 1.77. The quantitative estimate of drug-likeness (QED) is 0.736. The van der Waals surface area contributed by atoms with E-state index in [1.807, 2.05) is 27.7 Å². The molecule has 1 fully saturated rings. The van der Waals surface area contributed by atoms with Crippen LogP contribution in [0.3, 0.4) is 0 Å². The van der Waals surface area contributed by atoms with Crippen LogP contribution in [-0.4, -0.2) is 45.2 Å². The zero-order valence-electron chi connectivity index (χ0n) is 17.3. The van der Waals surface area contributed by atoms with Crippen LogP contribution in [0.2, 0.25) is 0 Å². The zero-order valence-corrected chi connectivity index (χ0v) is 17.3. The summed E-state index contributed by atoms with van der Waals surface area (Å²) in [5.74, 6) is -1.32. The first-order chi connectivity index (χ1) is 13.4. The molecule has 0 atom stereocenters. The molecule has 6 nitrogen and oxygen atoms in total. The number of hydrogen-bond donors (Lipinski definition) is 0. The molecule has 1 aliphatic rings. The van der Waals surface area contributed by atoms with Gasteiger partial charge in [0.15, 0.2) is 6.61 Å². The Labute approximate surface area is 169 Å². The summed E-state index contributed by atoms with van der Waals surface area (Å²) in [6, 6.07) is 5.70. The van der Waals surface area contributed by atoms with Gasteiger partial charge < -0.3 is 9.64 Å². The minimum atomic E-state index is -0.668. The van der Waals surface area contributed by atoms with Crippen molar-refractivity contribution >= 4 is 28.6 Å². The second-order valence-corrected chi connectivity index (χ2v) is 8.78. The molecule has 1 aromatic carbocycles. The number of hydrogen-bond acceptors (Lipinski definition) is 5. The van der Waals surface area contributed by atoms with Gasteiger partial charge in [-0.15, -0.1) is 0 Å². The third-order valence-corrected chi connectivity index (χ3v) is 5.24. The highest BCUT2D eigenvalue weighted by Gasteiger charge is 2.47. The molecule has 154 valence electrons. The number of Topliss-reactive ketones (excluding diaryl/α,β-unsaturated/α-hetero) is 1. The highest BCUT2D eigenvalue weighted by Crippen LogP contribution is 2.36. The third-order valence-electron chi connectivity index (χ3n) is 5.24. The number of likely N-dealkylation sites (tertiary alicyclic amines) is 1. The van der Waals surface area contributed by atoms with E-state index in [0.717, 1.165) is 0 Å². The van der Waals surface area contributed by atoms with Gasteiger partial charge >= 0.3 is 5.97 Å². The number of aromatic nitrogens is 1. The van der Waals surface area contributed by atoms with Crippen molar-refractivity contribution in [2.75, 3.05) is 6.61 Å². The van der Waals surface area contributed by atoms with E-state index in [4.69, 9.17) is 4.74 Å². The van der Waals surface area contributed by atoms with Crippen LogP contribution in [0.25, 0.3) is 10.9 Å². The molecule has 1 saturated heterocycles. The maximum Gasteiger partial charge on any atom is 0.340 e. The van der Waals surface area contributed by atoms with E-state index >= 15 is 0 Å². The van der Waals surface area contributed by atoms with Gasteiger partial charge in [-0.3, -0.25) is 14.6 Å². The molecule has 0 aliphatic carbocycles. The average molecular weight is 400 g/mol. The van der Waals surface area contributed by atoms with Crippen molar-refractivity contribution in [2.24, 2.45) is 0 Å². The van der Waals surface area contributed by atoms with Crippen LogP contribution in [0, 0.1) is 12.7 Å². The topological polar surface area (TPSA) is 76.6 Å². The van der Waals surface area contributed by atoms with Crippen molar-refractivity contribution < 1.29 is 23.5 Å². The predicted octanol–water partition coefficient (Wildman–Crippen LogP) is 3.59. The Morgan fingerprint density at radius 1 is 1.14 bits per heavy atom. The van der Waals surface area contributed by atoms with Gasteiger partial charge in [0.25, 0.3) is 5.91 Å². The number of esters is 1. The fraction of sp³-hybridized carbons (Fsp3) is 0.455. The fourth-order valence-corrected chi connectivity index (χ4v) is 4.39. The summed E-state index contributed by atoms with van der Waals surface area (Å²) < 4.78 is 18.6. The monoisotopic (exact) mass is 400 g/mol. The Bertz CT molecular complexity index is 993. The number of aryl methyl sites for hydroxylation is 1. The van der Waals surface area contributed by atoms with Gasteiger partial charge in [0.1, 0.15) is 11.6 Å². The minimum Gasteiger partial charge on any atom is -0.452 e. The number of amides is 1. The molecule has 2 heterocycles. The number of pyridine rings is 1. The highest BCUT2D eigenvalue weighted by atomic mass is 19.1. The van der Waals surface area contributed by atoms with Crippen molar-refractivity contribution in [3.05, 3.63) is 41.3 Å². The lowest BCUT2D eigenvalue weighted by Gasteiger charge is -2.51. The van der Waals surface area contributed by atoms with Gasteiger partial charge in [-0.2, -0.15) is 0 Å². The molecule has 0 unspecified atom stereocenters. The SMILES string of the molecule is Cc1nc2cc(F)ccc2cc1C(=O)OCC(=O)N1C(C)(C)CC(=O)CC1(C)C. The highest BCUT2D eigenvalue weighted by molar-refractivity contribution is 5.96. The lowest BCUT2D eigenvalue weighted by molar-refractivity contribution is -0.156. The molecule has 0 N–H and O–H groups in total. The van der Waals surface area contributed by atoms with Gasteiger partial charge in [-0.1, -0.05) is 0 Å². The van der Waals surface area contributed by atoms with Crippen LogP contribution in [-0.2, 0) is 14.3 Å². The Kier molecular flexibility index (Phi) is 5.19. The molecule has 0 bridgehead atoms. The van der Waals surface area contributed by atoms with E-state index in [-0.39, 0.29) is 30.1 Å². The first kappa shape index (κ1) is 20.9. The molecule has 7 heteroatoms. The fourth-order valence-electron chi connectivity index (χ4n) is 4.39. The van der Waals surface area contributed by atoms with Crippen LogP contribution in [0.5, 0.6) is 0 Å². The van der Waals surface area contributed by atoms with E-state index in [1.165, 1.54) is 18.2 Å². The predicted molar refractivity (Wildman–Crippen MR) is 106 cm³/mol. The van der Waals surface area contributed by atoms with Crippen LogP contribution in [0.4, 0.5) is 4.39 Å². The molecular formula is C22H25FN2O4. The lowest BCUT2D eigenvalue weighted by Crippen LogP contribution is -2.63. The number of fused-ring (bicyclic) bond motifs is 1. The number of ketones is 1. The Morgan fingerprint density at radius 2 is 1.76 bits per heavy atom. The average Bonchev–Trinajstić information content (AvgIpc) is 2.56. The number of carbonyl (C=O) groups excluding carboxylic acids is 3. The van der Waals surface area contributed by atoms with Crippen LogP contribution in [0.1, 0.15) is 56.6 Å². The zero-order chi connectivity index (χ0) is 21.6. The number of ether oxygens (including phenoxy) is 1. The van der Waals surface area contributed by atoms with E-state index < -0.39 is 29.5 Å². The third kappa shape index (κ3) is 4.13. The largest absolute Gasteiger partial charge is 0.452 e. The molecule has 1 aliphatic heterocycles. The Morgan fingerprint density at radius 3 is 2.38 bits per heavy atom. The second-order valence-electron chi connectivity index (χ2n) is 8.78. The summed E-state index contributed by atoms with van der Waals surface area (Å²) >= 11 is 0. The summed E-state index contributed by atoms with van der Waals surface area (Å²) in [5.41, 5.74) is -0.259. The summed E-state index contributed by atoms with van der Waals surface area (Å²) in [7, 11) is 0. The van der Waals surface area contributed by atoms with Crippen LogP contribution >= 0.6 is 0 Å². The van der Waals surface area contributed by atoms with E-state index in [0.29, 0.717) is 16.6 Å². The number of rotatable bonds is 3. The Hall–Kier alpha value is -2.83. The number of nitrogens with zero attached hydrogens (tertiary/aromatic N) is 2. The van der Waals surface area contributed by atoms with Crippen molar-refractivity contribution in [2.45, 2.75) is 58.5 Å². The molecular weight excluding hydrogens is 375 g/mol. The summed E-state index contributed by atoms with van der Waals surface area (Å²) in [6.45, 7) is 8.54. The van der Waals surface area contributed by atoms with Crippen LogP contribution < -0.4 is 0 Å². The van der Waals surface area contributed by atoms with Crippen molar-refractivity contribution in [3.63, 3.8) is 0 Å². The minimum absolute atomic E-state index is 0.107. The van der Waals surface area contributed by atoms with Gasteiger partial charge in [-0.25, -0.2) is 9.18 Å². The summed E-state index contributed by atoms with van der Waals surface area (Å²) in [5, 5.41) is 0.604.